The second-order valence-corrected chi connectivity index (χ2v) is 6.51. The van der Waals surface area contributed by atoms with E-state index in [2.05, 4.69) is 36.5 Å². The summed E-state index contributed by atoms with van der Waals surface area (Å²) >= 11 is 0. The molecule has 0 unspecified atom stereocenters. The van der Waals surface area contributed by atoms with E-state index in [-0.39, 0.29) is 6.42 Å². The van der Waals surface area contributed by atoms with Crippen molar-refractivity contribution in [1.29, 1.82) is 0 Å². The maximum Gasteiger partial charge on any atom is 0.303 e. The van der Waals surface area contributed by atoms with E-state index in [1.807, 2.05) is 41.2 Å². The summed E-state index contributed by atoms with van der Waals surface area (Å²) in [5.74, 6) is -0.759. The van der Waals surface area contributed by atoms with Crippen LogP contribution in [0, 0.1) is 0 Å². The number of rotatable bonds is 9. The van der Waals surface area contributed by atoms with Crippen molar-refractivity contribution in [3.63, 3.8) is 0 Å². The molecule has 0 atom stereocenters. The van der Waals surface area contributed by atoms with Gasteiger partial charge in [0.2, 0.25) is 0 Å². The molecule has 5 nitrogen and oxygen atoms in total. The van der Waals surface area contributed by atoms with E-state index in [0.717, 1.165) is 28.9 Å². The van der Waals surface area contributed by atoms with Gasteiger partial charge < -0.3 is 10.4 Å². The van der Waals surface area contributed by atoms with Gasteiger partial charge in [0.25, 0.3) is 0 Å². The predicted octanol–water partition coefficient (Wildman–Crippen LogP) is 4.06. The molecule has 0 bridgehead atoms. The third kappa shape index (κ3) is 5.05. The highest BCUT2D eigenvalue weighted by Crippen LogP contribution is 2.24. The number of nitrogens with zero attached hydrogens (tertiary/aromatic N) is 2. The van der Waals surface area contributed by atoms with E-state index in [4.69, 9.17) is 10.2 Å². The molecule has 0 fully saturated rings. The molecule has 5 heteroatoms. The second kappa shape index (κ2) is 9.14. The van der Waals surface area contributed by atoms with Crippen molar-refractivity contribution in [3.8, 4) is 16.9 Å². The number of aliphatic carboxylic acids is 1. The molecule has 3 rings (SSSR count). The zero-order chi connectivity index (χ0) is 19.1. The topological polar surface area (TPSA) is 67.2 Å². The lowest BCUT2D eigenvalue weighted by atomic mass is 10.0. The van der Waals surface area contributed by atoms with Crippen LogP contribution >= 0.6 is 0 Å². The fourth-order valence-corrected chi connectivity index (χ4v) is 2.98. The Kier molecular flexibility index (Phi) is 6.39. The number of benzene rings is 2. The predicted molar refractivity (Wildman–Crippen MR) is 107 cm³/mol. The van der Waals surface area contributed by atoms with Gasteiger partial charge in [0.05, 0.1) is 11.4 Å². The molecule has 0 radical (unpaired) electrons. The molecule has 0 saturated carbocycles. The Labute approximate surface area is 159 Å². The minimum Gasteiger partial charge on any atom is -0.481 e. The Morgan fingerprint density at radius 1 is 1.11 bits per heavy atom. The third-order valence-corrected chi connectivity index (χ3v) is 4.51. The fraction of sp³-hybridized carbons (Fsp3) is 0.273. The summed E-state index contributed by atoms with van der Waals surface area (Å²) in [6.45, 7) is 3.46. The quantitative estimate of drug-likeness (QED) is 0.563. The van der Waals surface area contributed by atoms with Crippen molar-refractivity contribution in [3.05, 3.63) is 71.9 Å². The van der Waals surface area contributed by atoms with Gasteiger partial charge in [-0.3, -0.25) is 4.79 Å². The van der Waals surface area contributed by atoms with E-state index < -0.39 is 5.97 Å². The van der Waals surface area contributed by atoms with Crippen molar-refractivity contribution >= 4 is 5.97 Å². The van der Waals surface area contributed by atoms with Gasteiger partial charge in [-0.05, 0) is 37.1 Å². The number of aryl methyl sites for hydroxylation is 1. The van der Waals surface area contributed by atoms with Gasteiger partial charge >= 0.3 is 5.97 Å². The van der Waals surface area contributed by atoms with Crippen LogP contribution in [0.25, 0.3) is 16.9 Å². The smallest absolute Gasteiger partial charge is 0.303 e. The van der Waals surface area contributed by atoms with Gasteiger partial charge in [-0.15, -0.1) is 0 Å². The summed E-state index contributed by atoms with van der Waals surface area (Å²) in [6, 6.07) is 18.5. The van der Waals surface area contributed by atoms with Crippen LogP contribution in [0.4, 0.5) is 0 Å². The molecule has 2 N–H and O–H groups in total. The molecule has 0 aliphatic rings. The van der Waals surface area contributed by atoms with Crippen LogP contribution in [0.15, 0.2) is 60.8 Å². The first kappa shape index (κ1) is 18.9. The molecule has 0 spiro atoms. The number of carboxylic acids is 1. The lowest BCUT2D eigenvalue weighted by Gasteiger charge is -2.05. The van der Waals surface area contributed by atoms with E-state index in [1.165, 1.54) is 5.56 Å². The summed E-state index contributed by atoms with van der Waals surface area (Å²) in [5.41, 5.74) is 5.45. The van der Waals surface area contributed by atoms with E-state index in [0.29, 0.717) is 19.5 Å². The van der Waals surface area contributed by atoms with Gasteiger partial charge in [0.15, 0.2) is 0 Å². The molecule has 27 heavy (non-hydrogen) atoms. The highest BCUT2D eigenvalue weighted by Gasteiger charge is 2.12. The van der Waals surface area contributed by atoms with E-state index >= 15 is 0 Å². The number of hydrogen-bond donors (Lipinski definition) is 2. The molecule has 0 aliphatic heterocycles. The first-order chi connectivity index (χ1) is 13.2. The summed E-state index contributed by atoms with van der Waals surface area (Å²) in [6.07, 6.45) is 3.85. The Hall–Kier alpha value is -2.92. The van der Waals surface area contributed by atoms with Crippen LogP contribution in [-0.4, -0.2) is 27.4 Å². The van der Waals surface area contributed by atoms with Crippen LogP contribution < -0.4 is 5.32 Å². The zero-order valence-corrected chi connectivity index (χ0v) is 15.6. The van der Waals surface area contributed by atoms with Crippen molar-refractivity contribution in [2.75, 3.05) is 6.54 Å². The Morgan fingerprint density at radius 2 is 1.85 bits per heavy atom. The highest BCUT2D eigenvalue weighted by molar-refractivity contribution is 5.66. The molecule has 1 heterocycles. The lowest BCUT2D eigenvalue weighted by molar-refractivity contribution is -0.137. The normalized spacial score (nSPS) is 10.9. The van der Waals surface area contributed by atoms with Gasteiger partial charge in [-0.25, -0.2) is 4.68 Å². The fourth-order valence-electron chi connectivity index (χ4n) is 2.98. The SMILES string of the molecule is CCc1ccc(-c2nn(-c3ccccc3)cc2CNCCCC(=O)O)cc1. The van der Waals surface area contributed by atoms with E-state index in [9.17, 15) is 4.79 Å². The lowest BCUT2D eigenvalue weighted by Crippen LogP contribution is -2.15. The number of para-hydroxylation sites is 1. The van der Waals surface area contributed by atoms with Crippen LogP contribution in [0.3, 0.4) is 0 Å². The standard InChI is InChI=1S/C22H25N3O2/c1-2-17-10-12-18(13-11-17)22-19(15-23-14-6-9-21(26)27)16-25(24-22)20-7-4-3-5-8-20/h3-5,7-8,10-13,16,23H,2,6,9,14-15H2,1H3,(H,26,27). The average Bonchev–Trinajstić information content (AvgIpc) is 3.12. The first-order valence-electron chi connectivity index (χ1n) is 9.33. The number of nitrogens with one attached hydrogen (secondary N) is 1. The number of hydrogen-bond acceptors (Lipinski definition) is 3. The molecule has 0 aliphatic carbocycles. The monoisotopic (exact) mass is 363 g/mol. The second-order valence-electron chi connectivity index (χ2n) is 6.51. The molecular formula is C22H25N3O2. The third-order valence-electron chi connectivity index (χ3n) is 4.51. The maximum atomic E-state index is 10.6. The van der Waals surface area contributed by atoms with Gasteiger partial charge in [0, 0.05) is 30.3 Å². The molecule has 140 valence electrons. The van der Waals surface area contributed by atoms with Crippen molar-refractivity contribution in [1.82, 2.24) is 15.1 Å². The van der Waals surface area contributed by atoms with Crippen molar-refractivity contribution in [2.45, 2.75) is 32.7 Å². The number of carbonyl (C=O) groups is 1. The van der Waals surface area contributed by atoms with E-state index in [1.54, 1.807) is 0 Å². The largest absolute Gasteiger partial charge is 0.481 e. The summed E-state index contributed by atoms with van der Waals surface area (Å²) < 4.78 is 1.90. The van der Waals surface area contributed by atoms with Crippen LogP contribution in [0.1, 0.15) is 30.9 Å². The van der Waals surface area contributed by atoms with Crippen LogP contribution in [0.5, 0.6) is 0 Å². The number of aromatic nitrogens is 2. The molecule has 0 saturated heterocycles. The van der Waals surface area contributed by atoms with Gasteiger partial charge in [0.1, 0.15) is 0 Å². The Morgan fingerprint density at radius 3 is 2.52 bits per heavy atom. The summed E-state index contributed by atoms with van der Waals surface area (Å²) in [7, 11) is 0. The first-order valence-corrected chi connectivity index (χ1v) is 9.33. The highest BCUT2D eigenvalue weighted by atomic mass is 16.4. The minimum atomic E-state index is -0.759. The molecule has 0 amide bonds. The van der Waals surface area contributed by atoms with Crippen LogP contribution in [0.2, 0.25) is 0 Å². The molecular weight excluding hydrogens is 338 g/mol. The molecule has 2 aromatic carbocycles. The van der Waals surface area contributed by atoms with Crippen LogP contribution in [-0.2, 0) is 17.8 Å². The van der Waals surface area contributed by atoms with Gasteiger partial charge in [-0.1, -0.05) is 49.4 Å². The Bertz CT molecular complexity index is 870. The van der Waals surface area contributed by atoms with Gasteiger partial charge in [-0.2, -0.15) is 5.10 Å². The summed E-state index contributed by atoms with van der Waals surface area (Å²) in [4.78, 5) is 10.6. The molecule has 3 aromatic rings. The van der Waals surface area contributed by atoms with Crippen molar-refractivity contribution in [2.24, 2.45) is 0 Å². The summed E-state index contributed by atoms with van der Waals surface area (Å²) in [5, 5.41) is 16.9. The average molecular weight is 363 g/mol. The van der Waals surface area contributed by atoms with Crippen molar-refractivity contribution < 1.29 is 9.90 Å². The Balaban J connectivity index is 1.82. The molecule has 1 aromatic heterocycles. The maximum absolute atomic E-state index is 10.6. The minimum absolute atomic E-state index is 0.182. The zero-order valence-electron chi connectivity index (χ0n) is 15.6. The number of carboxylic acid groups (broad SMARTS) is 1.